The molecule has 2 aromatic rings. The molecule has 0 heterocycles. The molecule has 0 spiro atoms. The van der Waals surface area contributed by atoms with E-state index in [0.717, 1.165) is 22.4 Å². The van der Waals surface area contributed by atoms with Crippen LogP contribution in [-0.2, 0) is 0 Å². The molecule has 2 rings (SSSR count). The largest absolute Gasteiger partial charge is 0.496 e. The second kappa shape index (κ2) is 6.29. The van der Waals surface area contributed by atoms with E-state index in [0.29, 0.717) is 0 Å². The van der Waals surface area contributed by atoms with Gasteiger partial charge in [0.15, 0.2) is 0 Å². The van der Waals surface area contributed by atoms with Crippen LogP contribution >= 0.6 is 0 Å². The van der Waals surface area contributed by atoms with Crippen LogP contribution in [0.2, 0.25) is 0 Å². The Hall–Kier alpha value is -1.84. The van der Waals surface area contributed by atoms with E-state index in [1.165, 1.54) is 16.7 Å². The van der Waals surface area contributed by atoms with E-state index in [4.69, 9.17) is 10.6 Å². The topological polar surface area (TPSA) is 47.3 Å². The zero-order chi connectivity index (χ0) is 15.6. The molecule has 0 fully saturated rings. The number of aryl methyl sites for hydroxylation is 3. The predicted octanol–water partition coefficient (Wildman–Crippen LogP) is 3.48. The van der Waals surface area contributed by atoms with Crippen molar-refractivity contribution in [2.24, 2.45) is 5.84 Å². The summed E-state index contributed by atoms with van der Waals surface area (Å²) in [5.41, 5.74) is 10.0. The second-order valence-electron chi connectivity index (χ2n) is 5.57. The molecule has 1 atom stereocenters. The van der Waals surface area contributed by atoms with Crippen LogP contribution in [0.25, 0.3) is 0 Å². The smallest absolute Gasteiger partial charge is 0.127 e. The molecule has 0 saturated heterocycles. The molecular formula is C18H24N2O. The fourth-order valence-corrected chi connectivity index (χ4v) is 2.62. The molecule has 0 bridgehead atoms. The number of hydrogen-bond donors (Lipinski definition) is 2. The maximum atomic E-state index is 5.83. The first-order chi connectivity index (χ1) is 9.99. The third kappa shape index (κ3) is 2.94. The molecule has 0 radical (unpaired) electrons. The molecule has 1 unspecified atom stereocenters. The van der Waals surface area contributed by atoms with Crippen LogP contribution in [0.1, 0.15) is 39.4 Å². The highest BCUT2D eigenvalue weighted by Gasteiger charge is 2.19. The molecule has 3 N–H and O–H groups in total. The van der Waals surface area contributed by atoms with Crippen molar-refractivity contribution in [1.29, 1.82) is 0 Å². The van der Waals surface area contributed by atoms with Crippen molar-refractivity contribution in [1.82, 2.24) is 5.43 Å². The number of ether oxygens (including phenoxy) is 1. The van der Waals surface area contributed by atoms with Crippen LogP contribution in [0.5, 0.6) is 5.75 Å². The Labute approximate surface area is 127 Å². The Balaban J connectivity index is 2.56. The van der Waals surface area contributed by atoms with Gasteiger partial charge in [0.1, 0.15) is 5.75 Å². The number of nitrogens with two attached hydrogens (primary N) is 1. The van der Waals surface area contributed by atoms with Crippen molar-refractivity contribution in [3.05, 3.63) is 63.7 Å². The Morgan fingerprint density at radius 1 is 0.952 bits per heavy atom. The third-order valence-corrected chi connectivity index (χ3v) is 4.25. The maximum absolute atomic E-state index is 5.83. The molecule has 0 aliphatic carbocycles. The van der Waals surface area contributed by atoms with Crippen LogP contribution in [-0.4, -0.2) is 7.11 Å². The number of nitrogens with one attached hydrogen (secondary N) is 1. The third-order valence-electron chi connectivity index (χ3n) is 4.25. The van der Waals surface area contributed by atoms with Gasteiger partial charge in [-0.25, -0.2) is 5.43 Å². The fraction of sp³-hybridized carbons (Fsp3) is 0.333. The van der Waals surface area contributed by atoms with Crippen LogP contribution in [0.3, 0.4) is 0 Å². The van der Waals surface area contributed by atoms with Gasteiger partial charge in [-0.05, 0) is 55.5 Å². The second-order valence-corrected chi connectivity index (χ2v) is 5.57. The summed E-state index contributed by atoms with van der Waals surface area (Å²) in [6.45, 7) is 8.39. The van der Waals surface area contributed by atoms with Gasteiger partial charge in [0.25, 0.3) is 0 Å². The first-order valence-electron chi connectivity index (χ1n) is 7.17. The van der Waals surface area contributed by atoms with Crippen molar-refractivity contribution < 1.29 is 4.74 Å². The van der Waals surface area contributed by atoms with Gasteiger partial charge in [0.05, 0.1) is 13.2 Å². The summed E-state index contributed by atoms with van der Waals surface area (Å²) < 4.78 is 5.62. The lowest BCUT2D eigenvalue weighted by atomic mass is 9.93. The molecule has 0 amide bonds. The lowest BCUT2D eigenvalue weighted by Gasteiger charge is -2.22. The summed E-state index contributed by atoms with van der Waals surface area (Å²) >= 11 is 0. The van der Waals surface area contributed by atoms with Crippen molar-refractivity contribution in [3.63, 3.8) is 0 Å². The molecule has 3 heteroatoms. The highest BCUT2D eigenvalue weighted by Crippen LogP contribution is 2.34. The van der Waals surface area contributed by atoms with Crippen molar-refractivity contribution in [2.75, 3.05) is 7.11 Å². The average molecular weight is 284 g/mol. The van der Waals surface area contributed by atoms with Crippen LogP contribution in [0.4, 0.5) is 0 Å². The number of methoxy groups -OCH3 is 1. The van der Waals surface area contributed by atoms with Gasteiger partial charge in [-0.1, -0.05) is 30.3 Å². The SMILES string of the molecule is COc1c(C(NN)c2ccc(C)c(C)c2)ccc(C)c1C. The quantitative estimate of drug-likeness (QED) is 0.667. The first-order valence-corrected chi connectivity index (χ1v) is 7.17. The Morgan fingerprint density at radius 3 is 2.19 bits per heavy atom. The highest BCUT2D eigenvalue weighted by molar-refractivity contribution is 5.50. The number of hydrazine groups is 1. The number of hydrogen-bond acceptors (Lipinski definition) is 3. The lowest BCUT2D eigenvalue weighted by molar-refractivity contribution is 0.400. The predicted molar refractivity (Wildman–Crippen MR) is 87.6 cm³/mol. The van der Waals surface area contributed by atoms with Crippen molar-refractivity contribution >= 4 is 0 Å². The van der Waals surface area contributed by atoms with E-state index in [-0.39, 0.29) is 6.04 Å². The summed E-state index contributed by atoms with van der Waals surface area (Å²) in [4.78, 5) is 0. The van der Waals surface area contributed by atoms with Crippen LogP contribution in [0, 0.1) is 27.7 Å². The van der Waals surface area contributed by atoms with Crippen molar-refractivity contribution in [2.45, 2.75) is 33.7 Å². The first kappa shape index (κ1) is 15.5. The van der Waals surface area contributed by atoms with Gasteiger partial charge in [-0.2, -0.15) is 0 Å². The molecule has 21 heavy (non-hydrogen) atoms. The van der Waals surface area contributed by atoms with Crippen molar-refractivity contribution in [3.8, 4) is 5.75 Å². The van der Waals surface area contributed by atoms with E-state index in [1.54, 1.807) is 7.11 Å². The number of rotatable bonds is 4. The maximum Gasteiger partial charge on any atom is 0.127 e. The summed E-state index contributed by atoms with van der Waals surface area (Å²) in [6.07, 6.45) is 0. The normalized spacial score (nSPS) is 12.3. The molecule has 2 aromatic carbocycles. The van der Waals surface area contributed by atoms with Gasteiger partial charge in [-0.3, -0.25) is 5.84 Å². The van der Waals surface area contributed by atoms with Gasteiger partial charge >= 0.3 is 0 Å². The molecule has 0 aromatic heterocycles. The summed E-state index contributed by atoms with van der Waals surface area (Å²) in [6, 6.07) is 10.5. The summed E-state index contributed by atoms with van der Waals surface area (Å²) in [5, 5.41) is 0. The minimum atomic E-state index is -0.0847. The zero-order valence-corrected chi connectivity index (χ0v) is 13.4. The average Bonchev–Trinajstić information content (AvgIpc) is 2.47. The summed E-state index contributed by atoms with van der Waals surface area (Å²) in [5.74, 6) is 6.73. The van der Waals surface area contributed by atoms with E-state index in [2.05, 4.69) is 63.5 Å². The number of benzene rings is 2. The summed E-state index contributed by atoms with van der Waals surface area (Å²) in [7, 11) is 1.71. The van der Waals surface area contributed by atoms with Gasteiger partial charge < -0.3 is 4.74 Å². The standard InChI is InChI=1S/C18H24N2O/c1-11-6-8-15(10-13(11)3)17(20-19)16-9-7-12(2)14(4)18(16)21-5/h6-10,17,20H,19H2,1-5H3. The van der Waals surface area contributed by atoms with E-state index in [9.17, 15) is 0 Å². The molecule has 0 aliphatic rings. The minimum Gasteiger partial charge on any atom is -0.496 e. The van der Waals surface area contributed by atoms with Crippen LogP contribution < -0.4 is 16.0 Å². The lowest BCUT2D eigenvalue weighted by Crippen LogP contribution is -2.29. The Bertz CT molecular complexity index is 650. The van der Waals surface area contributed by atoms with E-state index < -0.39 is 0 Å². The van der Waals surface area contributed by atoms with E-state index >= 15 is 0 Å². The van der Waals surface area contributed by atoms with Gasteiger partial charge in [-0.15, -0.1) is 0 Å². The molecule has 112 valence electrons. The molecule has 3 nitrogen and oxygen atoms in total. The van der Waals surface area contributed by atoms with Gasteiger partial charge in [0, 0.05) is 5.56 Å². The highest BCUT2D eigenvalue weighted by atomic mass is 16.5. The van der Waals surface area contributed by atoms with Crippen LogP contribution in [0.15, 0.2) is 30.3 Å². The molecule has 0 saturated carbocycles. The molecular weight excluding hydrogens is 260 g/mol. The Morgan fingerprint density at radius 2 is 1.62 bits per heavy atom. The monoisotopic (exact) mass is 284 g/mol. The van der Waals surface area contributed by atoms with Gasteiger partial charge in [0.2, 0.25) is 0 Å². The molecule has 0 aliphatic heterocycles. The zero-order valence-electron chi connectivity index (χ0n) is 13.4. The Kier molecular flexibility index (Phi) is 4.66. The van der Waals surface area contributed by atoms with E-state index in [1.807, 2.05) is 0 Å². The fourth-order valence-electron chi connectivity index (χ4n) is 2.62. The minimum absolute atomic E-state index is 0.0847.